The van der Waals surface area contributed by atoms with Crippen LogP contribution >= 0.6 is 11.8 Å². The average Bonchev–Trinajstić information content (AvgIpc) is 3.37. The first-order chi connectivity index (χ1) is 17.0. The van der Waals surface area contributed by atoms with Crippen LogP contribution in [0.5, 0.6) is 0 Å². The molecule has 3 fully saturated rings. The normalized spacial score (nSPS) is 30.9. The fourth-order valence-electron chi connectivity index (χ4n) is 6.32. The van der Waals surface area contributed by atoms with Gasteiger partial charge >= 0.3 is 5.97 Å². The lowest BCUT2D eigenvalue weighted by Crippen LogP contribution is -2.58. The lowest BCUT2D eigenvalue weighted by molar-refractivity contribution is -0.155. The van der Waals surface area contributed by atoms with E-state index < -0.39 is 32.9 Å². The summed E-state index contributed by atoms with van der Waals surface area (Å²) in [4.78, 5) is 45.2. The summed E-state index contributed by atoms with van der Waals surface area (Å²) < 4.78 is 4.63. The molecule has 5 atom stereocenters. The zero-order valence-corrected chi connectivity index (χ0v) is 23.3. The number of carbonyl (C=O) groups is 3. The lowest BCUT2D eigenvalue weighted by Gasteiger charge is -2.42. The molecule has 3 rings (SSSR count). The monoisotopic (exact) mass is 520 g/mol. The number of hydrogen-bond donors (Lipinski definition) is 1. The van der Waals surface area contributed by atoms with E-state index in [2.05, 4.69) is 20.1 Å². The third kappa shape index (κ3) is 5.13. The second-order valence-corrected chi connectivity index (χ2v) is 13.4. The van der Waals surface area contributed by atoms with Crippen molar-refractivity contribution in [2.45, 2.75) is 93.7 Å². The number of thioether (sulfide) groups is 1. The van der Waals surface area contributed by atoms with E-state index in [-0.39, 0.29) is 24.4 Å². The van der Waals surface area contributed by atoms with Crippen LogP contribution in [0, 0.1) is 11.8 Å². The number of likely N-dealkylation sites (tertiary alicyclic amines) is 1. The van der Waals surface area contributed by atoms with Crippen LogP contribution in [0.3, 0.4) is 0 Å². The number of aliphatic hydroxyl groups excluding tert-OH is 1. The molecule has 2 unspecified atom stereocenters. The predicted molar refractivity (Wildman–Crippen MR) is 143 cm³/mol. The van der Waals surface area contributed by atoms with Crippen molar-refractivity contribution < 1.29 is 24.2 Å². The van der Waals surface area contributed by atoms with Gasteiger partial charge in [-0.25, -0.2) is 0 Å². The van der Waals surface area contributed by atoms with Crippen molar-refractivity contribution in [1.82, 2.24) is 9.80 Å². The van der Waals surface area contributed by atoms with Crippen molar-refractivity contribution in [2.75, 3.05) is 26.3 Å². The zero-order chi connectivity index (χ0) is 26.7. The van der Waals surface area contributed by atoms with Gasteiger partial charge in [0.2, 0.25) is 11.8 Å². The number of hydrogen-bond acceptors (Lipinski definition) is 6. The quantitative estimate of drug-likeness (QED) is 0.225. The Morgan fingerprint density at radius 1 is 1.19 bits per heavy atom. The van der Waals surface area contributed by atoms with Gasteiger partial charge in [0, 0.05) is 30.0 Å². The van der Waals surface area contributed by atoms with Gasteiger partial charge in [0.1, 0.15) is 6.04 Å². The van der Waals surface area contributed by atoms with Crippen LogP contribution < -0.4 is 0 Å². The Bertz CT molecular complexity index is 870. The Morgan fingerprint density at radius 2 is 1.92 bits per heavy atom. The first-order valence-electron chi connectivity index (χ1n) is 13.3. The van der Waals surface area contributed by atoms with Crippen molar-refractivity contribution in [1.29, 1.82) is 0 Å². The van der Waals surface area contributed by atoms with Crippen LogP contribution in [0.25, 0.3) is 0 Å². The predicted octanol–water partition coefficient (Wildman–Crippen LogP) is 3.95. The van der Waals surface area contributed by atoms with Crippen LogP contribution in [0.4, 0.5) is 0 Å². The smallest absolute Gasteiger partial charge is 0.311 e. The minimum atomic E-state index is -0.653. The summed E-state index contributed by atoms with van der Waals surface area (Å²) in [5.74, 6) is -1.66. The molecule has 0 aromatic rings. The first kappa shape index (κ1) is 28.8. The Morgan fingerprint density at radius 3 is 2.53 bits per heavy atom. The molecule has 0 aliphatic carbocycles. The van der Waals surface area contributed by atoms with Gasteiger partial charge in [-0.05, 0) is 72.6 Å². The minimum absolute atomic E-state index is 0.0351. The van der Waals surface area contributed by atoms with Gasteiger partial charge in [-0.1, -0.05) is 12.2 Å². The third-order valence-electron chi connectivity index (χ3n) is 8.01. The maximum atomic E-state index is 14.2. The van der Waals surface area contributed by atoms with E-state index in [1.165, 1.54) is 0 Å². The number of nitrogens with zero attached hydrogens (tertiary/aromatic N) is 2. The van der Waals surface area contributed by atoms with Crippen molar-refractivity contribution in [3.63, 3.8) is 0 Å². The highest BCUT2D eigenvalue weighted by Crippen LogP contribution is 2.71. The molecule has 3 saturated heterocycles. The molecule has 8 heteroatoms. The largest absolute Gasteiger partial charge is 0.465 e. The summed E-state index contributed by atoms with van der Waals surface area (Å²) in [6.45, 7) is 16.7. The highest BCUT2D eigenvalue weighted by molar-refractivity contribution is 8.02. The van der Waals surface area contributed by atoms with Gasteiger partial charge in [-0.2, -0.15) is 0 Å². The fraction of sp³-hybridized carbons (Fsp3) is 0.750. The lowest BCUT2D eigenvalue weighted by atomic mass is 9.66. The number of rotatable bonds is 13. The Labute approximate surface area is 220 Å². The molecule has 2 bridgehead atoms. The number of allylic oxidation sites excluding steroid dienone is 1. The van der Waals surface area contributed by atoms with E-state index in [4.69, 9.17) is 4.74 Å². The molecule has 0 radical (unpaired) electrons. The van der Waals surface area contributed by atoms with Gasteiger partial charge in [-0.3, -0.25) is 14.4 Å². The second kappa shape index (κ2) is 11.3. The molecule has 0 saturated carbocycles. The van der Waals surface area contributed by atoms with Crippen LogP contribution in [-0.4, -0.2) is 80.1 Å². The molecule has 1 spiro atoms. The molecule has 1 N–H and O–H groups in total. The number of carbonyl (C=O) groups excluding carboxylic acids is 3. The number of esters is 1. The standard InChI is InChI=1S/C28H44N2O5S/c1-7-9-10-13-19-35-25(34)21-20-23(32)29(17-11-12-18-31)22(28(20)15-14-27(21,6)36-28)24(33)30(16-8-2)26(3,4)5/h7-8,20-22,31H,1-2,9-19H2,3-6H3/t20-,21-,22?,27+,28?/m0/s1. The summed E-state index contributed by atoms with van der Waals surface area (Å²) in [5, 5.41) is 9.34. The van der Waals surface area contributed by atoms with E-state index in [9.17, 15) is 19.5 Å². The SMILES string of the molecule is C=CCCCCOC(=O)[C@@H]1[C@H]2C(=O)N(CCCCO)C(C(=O)N(CC=C)C(C)(C)C)C23CC[C@@]1(C)S3. The number of unbranched alkanes of at least 4 members (excludes halogenated alkanes) is 3. The summed E-state index contributed by atoms with van der Waals surface area (Å²) in [6, 6.07) is -0.648. The maximum absolute atomic E-state index is 14.2. The molecule has 0 aromatic heterocycles. The summed E-state index contributed by atoms with van der Waals surface area (Å²) in [6.07, 6.45) is 8.75. The fourth-order valence-corrected chi connectivity index (χ4v) is 8.66. The first-order valence-corrected chi connectivity index (χ1v) is 14.1. The van der Waals surface area contributed by atoms with Crippen molar-refractivity contribution in [3.8, 4) is 0 Å². The van der Waals surface area contributed by atoms with Crippen LogP contribution in [-0.2, 0) is 19.1 Å². The van der Waals surface area contributed by atoms with E-state index in [1.54, 1.807) is 27.6 Å². The maximum Gasteiger partial charge on any atom is 0.311 e. The van der Waals surface area contributed by atoms with E-state index >= 15 is 0 Å². The van der Waals surface area contributed by atoms with Gasteiger partial charge in [-0.15, -0.1) is 24.9 Å². The molecule has 2 amide bonds. The van der Waals surface area contributed by atoms with Crippen LogP contribution in [0.2, 0.25) is 0 Å². The Kier molecular flexibility index (Phi) is 9.03. The second-order valence-electron chi connectivity index (χ2n) is 11.6. The van der Waals surface area contributed by atoms with Crippen molar-refractivity contribution in [3.05, 3.63) is 25.3 Å². The van der Waals surface area contributed by atoms with Gasteiger partial charge in [0.05, 0.1) is 23.2 Å². The number of fused-ring (bicyclic) bond motifs is 1. The van der Waals surface area contributed by atoms with Gasteiger partial charge < -0.3 is 19.6 Å². The molecular weight excluding hydrogens is 476 g/mol. The molecule has 3 aliphatic rings. The molecule has 36 heavy (non-hydrogen) atoms. The highest BCUT2D eigenvalue weighted by Gasteiger charge is 2.77. The summed E-state index contributed by atoms with van der Waals surface area (Å²) in [5.41, 5.74) is -0.450. The Balaban J connectivity index is 1.95. The highest BCUT2D eigenvalue weighted by atomic mass is 32.2. The van der Waals surface area contributed by atoms with Crippen LogP contribution in [0.15, 0.2) is 25.3 Å². The van der Waals surface area contributed by atoms with E-state index in [1.807, 2.05) is 26.8 Å². The van der Waals surface area contributed by atoms with Crippen molar-refractivity contribution in [2.24, 2.45) is 11.8 Å². The molecule has 3 heterocycles. The Hall–Kier alpha value is -1.80. The minimum Gasteiger partial charge on any atom is -0.465 e. The third-order valence-corrected chi connectivity index (χ3v) is 9.99. The molecule has 3 aliphatic heterocycles. The van der Waals surface area contributed by atoms with Crippen molar-refractivity contribution >= 4 is 29.5 Å². The molecule has 7 nitrogen and oxygen atoms in total. The van der Waals surface area contributed by atoms with Gasteiger partial charge in [0.25, 0.3) is 0 Å². The van der Waals surface area contributed by atoms with Gasteiger partial charge in [0.15, 0.2) is 0 Å². The zero-order valence-electron chi connectivity index (χ0n) is 22.5. The number of aliphatic hydroxyl groups is 1. The topological polar surface area (TPSA) is 87.1 Å². The molecular formula is C28H44N2O5S. The number of amides is 2. The average molecular weight is 521 g/mol. The summed E-state index contributed by atoms with van der Waals surface area (Å²) >= 11 is 1.67. The molecule has 202 valence electrons. The van der Waals surface area contributed by atoms with E-state index in [0.29, 0.717) is 39.0 Å². The number of ether oxygens (including phenoxy) is 1. The molecule has 0 aromatic carbocycles. The van der Waals surface area contributed by atoms with Crippen LogP contribution in [0.1, 0.15) is 72.6 Å². The summed E-state index contributed by atoms with van der Waals surface area (Å²) in [7, 11) is 0. The van der Waals surface area contributed by atoms with E-state index in [0.717, 1.165) is 25.7 Å².